The number of nitrogens with zero attached hydrogens (tertiary/aromatic N) is 3. The first-order chi connectivity index (χ1) is 16.1. The Morgan fingerprint density at radius 2 is 1.79 bits per heavy atom. The van der Waals surface area contributed by atoms with E-state index >= 15 is 0 Å². The van der Waals surface area contributed by atoms with E-state index in [9.17, 15) is 14.4 Å². The summed E-state index contributed by atoms with van der Waals surface area (Å²) in [6.07, 6.45) is 1.27. The fourth-order valence-electron chi connectivity index (χ4n) is 3.28. The third-order valence-electron chi connectivity index (χ3n) is 5.36. The summed E-state index contributed by atoms with van der Waals surface area (Å²) in [5.74, 6) is -0.467. The molecular formula is C24H32ClN3O6. The first kappa shape index (κ1) is 27.3. The van der Waals surface area contributed by atoms with Crippen molar-refractivity contribution >= 4 is 29.0 Å². The number of anilines is 1. The molecule has 2 aromatic rings. The van der Waals surface area contributed by atoms with Gasteiger partial charge in [-0.15, -0.1) is 0 Å². The Morgan fingerprint density at radius 3 is 2.35 bits per heavy atom. The van der Waals surface area contributed by atoms with Gasteiger partial charge in [0.25, 0.3) is 5.56 Å². The third-order valence-corrected chi connectivity index (χ3v) is 5.71. The van der Waals surface area contributed by atoms with Crippen LogP contribution in [0.4, 0.5) is 5.69 Å². The van der Waals surface area contributed by atoms with Crippen LogP contribution in [0.25, 0.3) is 0 Å². The van der Waals surface area contributed by atoms with Gasteiger partial charge in [-0.3, -0.25) is 14.4 Å². The van der Waals surface area contributed by atoms with Crippen molar-refractivity contribution in [2.75, 3.05) is 39.3 Å². The number of hydrogen-bond acceptors (Lipinski definition) is 8. The summed E-state index contributed by atoms with van der Waals surface area (Å²) in [6, 6.07) is 6.62. The highest BCUT2D eigenvalue weighted by Gasteiger charge is 2.20. The highest BCUT2D eigenvalue weighted by Crippen LogP contribution is 2.22. The third kappa shape index (κ3) is 7.04. The maximum absolute atomic E-state index is 12.5. The van der Waals surface area contributed by atoms with Gasteiger partial charge in [-0.25, -0.2) is 4.68 Å². The number of halogens is 1. The van der Waals surface area contributed by atoms with E-state index in [2.05, 4.69) is 9.84 Å². The van der Waals surface area contributed by atoms with Gasteiger partial charge in [0, 0.05) is 32.2 Å². The van der Waals surface area contributed by atoms with Gasteiger partial charge >= 0.3 is 5.97 Å². The Morgan fingerprint density at radius 1 is 1.15 bits per heavy atom. The molecule has 0 amide bonds. The molecule has 2 rings (SSSR count). The molecular weight excluding hydrogens is 462 g/mol. The molecule has 34 heavy (non-hydrogen) atoms. The van der Waals surface area contributed by atoms with Gasteiger partial charge in [0.05, 0.1) is 31.5 Å². The Balaban J connectivity index is 1.98. The molecule has 0 saturated carbocycles. The lowest BCUT2D eigenvalue weighted by Crippen LogP contribution is -2.36. The molecule has 0 bridgehead atoms. The average molecular weight is 494 g/mol. The van der Waals surface area contributed by atoms with E-state index in [0.29, 0.717) is 23.5 Å². The molecule has 2 unspecified atom stereocenters. The second-order valence-electron chi connectivity index (χ2n) is 8.31. The number of aromatic nitrogens is 2. The number of carbonyl (C=O) groups excluding carboxylic acids is 2. The van der Waals surface area contributed by atoms with Crippen LogP contribution in [0.3, 0.4) is 0 Å². The number of esters is 1. The van der Waals surface area contributed by atoms with Crippen molar-refractivity contribution in [3.05, 3.63) is 51.4 Å². The van der Waals surface area contributed by atoms with Crippen molar-refractivity contribution < 1.29 is 23.8 Å². The van der Waals surface area contributed by atoms with Gasteiger partial charge in [-0.2, -0.15) is 5.10 Å². The summed E-state index contributed by atoms with van der Waals surface area (Å²) < 4.78 is 17.3. The number of Topliss-reactive ketones (excluding diaryl/α,β-unsaturated/α-hetero) is 1. The van der Waals surface area contributed by atoms with E-state index in [4.69, 9.17) is 21.1 Å². The van der Waals surface area contributed by atoms with Crippen molar-refractivity contribution in [1.29, 1.82) is 0 Å². The fraction of sp³-hybridized carbons (Fsp3) is 0.500. The number of benzene rings is 1. The van der Waals surface area contributed by atoms with E-state index in [-0.39, 0.29) is 41.5 Å². The molecule has 10 heteroatoms. The highest BCUT2D eigenvalue weighted by atomic mass is 35.5. The standard InChI is InChI=1S/C24H32ClN3O6/c1-15(2)28-24(31)22(25)20(12-26-28)27(4)13-19(32-5)14-34-18-9-7-17(8-10-18)23(30)16(3)11-21(29)33-6/h7-10,12,15-16,19H,11,13-14H2,1-6H3. The minimum atomic E-state index is -0.475. The van der Waals surface area contributed by atoms with Crippen molar-refractivity contribution in [2.24, 2.45) is 5.92 Å². The molecule has 186 valence electrons. The topological polar surface area (TPSA) is 100.0 Å². The van der Waals surface area contributed by atoms with Gasteiger partial charge in [0.15, 0.2) is 5.78 Å². The second-order valence-corrected chi connectivity index (χ2v) is 8.68. The molecule has 2 atom stereocenters. The lowest BCUT2D eigenvalue weighted by Gasteiger charge is -2.25. The van der Waals surface area contributed by atoms with Crippen LogP contribution in [0, 0.1) is 5.92 Å². The van der Waals surface area contributed by atoms with Gasteiger partial charge in [0.1, 0.15) is 23.5 Å². The zero-order valence-corrected chi connectivity index (χ0v) is 21.2. The quantitative estimate of drug-likeness (QED) is 0.327. The van der Waals surface area contributed by atoms with Gasteiger partial charge < -0.3 is 19.1 Å². The van der Waals surface area contributed by atoms with Crippen LogP contribution in [-0.4, -0.2) is 62.1 Å². The lowest BCUT2D eigenvalue weighted by atomic mass is 9.96. The molecule has 0 aliphatic heterocycles. The second kappa shape index (κ2) is 12.5. The SMILES string of the molecule is COC(=O)CC(C)C(=O)c1ccc(OCC(CN(C)c2cnn(C(C)C)c(=O)c2Cl)OC)cc1. The van der Waals surface area contributed by atoms with Crippen LogP contribution in [0.15, 0.2) is 35.3 Å². The first-order valence-electron chi connectivity index (χ1n) is 10.9. The number of likely N-dealkylation sites (N-methyl/N-ethyl adjacent to an activating group) is 1. The van der Waals surface area contributed by atoms with E-state index in [0.717, 1.165) is 0 Å². The maximum atomic E-state index is 12.5. The molecule has 9 nitrogen and oxygen atoms in total. The van der Waals surface area contributed by atoms with E-state index in [1.54, 1.807) is 56.4 Å². The highest BCUT2D eigenvalue weighted by molar-refractivity contribution is 6.33. The minimum absolute atomic E-state index is 0.0306. The summed E-state index contributed by atoms with van der Waals surface area (Å²) in [5, 5.41) is 4.30. The molecule has 1 aromatic carbocycles. The number of methoxy groups -OCH3 is 2. The Hall–Kier alpha value is -2.91. The van der Waals surface area contributed by atoms with E-state index < -0.39 is 11.9 Å². The molecule has 0 aliphatic rings. The summed E-state index contributed by atoms with van der Waals surface area (Å²) >= 11 is 6.30. The zero-order valence-electron chi connectivity index (χ0n) is 20.4. The summed E-state index contributed by atoms with van der Waals surface area (Å²) in [5.41, 5.74) is 0.654. The summed E-state index contributed by atoms with van der Waals surface area (Å²) in [4.78, 5) is 38.1. The van der Waals surface area contributed by atoms with Crippen LogP contribution in [0.5, 0.6) is 5.75 Å². The largest absolute Gasteiger partial charge is 0.491 e. The lowest BCUT2D eigenvalue weighted by molar-refractivity contribution is -0.141. The predicted molar refractivity (Wildman–Crippen MR) is 130 cm³/mol. The van der Waals surface area contributed by atoms with Crippen LogP contribution >= 0.6 is 11.6 Å². The number of rotatable bonds is 12. The maximum Gasteiger partial charge on any atom is 0.306 e. The molecule has 1 heterocycles. The van der Waals surface area contributed by atoms with Gasteiger partial charge in [-0.1, -0.05) is 18.5 Å². The van der Waals surface area contributed by atoms with E-state index in [1.807, 2.05) is 13.8 Å². The smallest absolute Gasteiger partial charge is 0.306 e. The number of ether oxygens (including phenoxy) is 3. The van der Waals surface area contributed by atoms with Crippen molar-refractivity contribution in [1.82, 2.24) is 9.78 Å². The summed E-state index contributed by atoms with van der Waals surface area (Å²) in [6.45, 7) is 6.05. The Kier molecular flexibility index (Phi) is 10.1. The molecule has 1 aromatic heterocycles. The number of hydrogen-bond donors (Lipinski definition) is 0. The molecule has 0 N–H and O–H groups in total. The molecule has 0 aliphatic carbocycles. The zero-order chi connectivity index (χ0) is 25.4. The molecule has 0 fully saturated rings. The van der Waals surface area contributed by atoms with E-state index in [1.165, 1.54) is 11.8 Å². The Bertz CT molecular complexity index is 1040. The molecule has 0 saturated heterocycles. The van der Waals surface area contributed by atoms with Crippen LogP contribution < -0.4 is 15.2 Å². The van der Waals surface area contributed by atoms with Gasteiger partial charge in [0.2, 0.25) is 0 Å². The first-order valence-corrected chi connectivity index (χ1v) is 11.3. The fourth-order valence-corrected chi connectivity index (χ4v) is 3.56. The average Bonchev–Trinajstić information content (AvgIpc) is 2.82. The summed E-state index contributed by atoms with van der Waals surface area (Å²) in [7, 11) is 4.66. The predicted octanol–water partition coefficient (Wildman–Crippen LogP) is 3.39. The Labute approximate surface area is 204 Å². The molecule has 0 radical (unpaired) electrons. The van der Waals surface area contributed by atoms with Crippen molar-refractivity contribution in [3.8, 4) is 5.75 Å². The van der Waals surface area contributed by atoms with Crippen molar-refractivity contribution in [2.45, 2.75) is 39.3 Å². The van der Waals surface area contributed by atoms with Crippen molar-refractivity contribution in [3.63, 3.8) is 0 Å². The van der Waals surface area contributed by atoms with Gasteiger partial charge in [-0.05, 0) is 38.1 Å². The van der Waals surface area contributed by atoms with Crippen LogP contribution in [0.1, 0.15) is 43.6 Å². The normalized spacial score (nSPS) is 12.8. The number of carbonyl (C=O) groups is 2. The van der Waals surface area contributed by atoms with Crippen LogP contribution in [-0.2, 0) is 14.3 Å². The minimum Gasteiger partial charge on any atom is -0.491 e. The van der Waals surface area contributed by atoms with Crippen LogP contribution in [0.2, 0.25) is 5.02 Å². The molecule has 0 spiro atoms. The number of ketones is 1. The monoisotopic (exact) mass is 493 g/mol.